The van der Waals surface area contributed by atoms with E-state index >= 15 is 0 Å². The number of hydrogen-bond acceptors (Lipinski definition) is 4. The van der Waals surface area contributed by atoms with Gasteiger partial charge < -0.3 is 4.90 Å². The van der Waals surface area contributed by atoms with Gasteiger partial charge in [-0.2, -0.15) is 0 Å². The van der Waals surface area contributed by atoms with Crippen molar-refractivity contribution in [3.63, 3.8) is 0 Å². The molecule has 4 rings (SSSR count). The molecule has 1 saturated heterocycles. The largest absolute Gasteiger partial charge is 0.336 e. The van der Waals surface area contributed by atoms with Gasteiger partial charge in [-0.1, -0.05) is 0 Å². The van der Waals surface area contributed by atoms with Crippen LogP contribution in [0.15, 0.2) is 18.5 Å². The summed E-state index contributed by atoms with van der Waals surface area (Å²) in [6.07, 6.45) is 5.36. The quantitative estimate of drug-likeness (QED) is 0.714. The molecule has 2 aliphatic carbocycles. The first-order valence-electron chi connectivity index (χ1n) is 6.88. The van der Waals surface area contributed by atoms with Crippen LogP contribution in [0.25, 0.3) is 0 Å². The van der Waals surface area contributed by atoms with E-state index in [2.05, 4.69) is 20.8 Å². The summed E-state index contributed by atoms with van der Waals surface area (Å²) in [5.74, 6) is 1.76. The number of carbonyl (C=O) groups is 2. The first-order valence-corrected chi connectivity index (χ1v) is 6.88. The maximum atomic E-state index is 12.1. The second-order valence-electron chi connectivity index (χ2n) is 5.74. The summed E-state index contributed by atoms with van der Waals surface area (Å²) in [4.78, 5) is 33.3. The molecule has 3 amide bonds. The van der Waals surface area contributed by atoms with E-state index in [-0.39, 0.29) is 11.9 Å². The Labute approximate surface area is 115 Å². The van der Waals surface area contributed by atoms with Gasteiger partial charge in [-0.3, -0.25) is 10.2 Å². The minimum absolute atomic E-state index is 0.0398. The molecule has 1 aliphatic heterocycles. The molecule has 7 heteroatoms. The number of likely N-dealkylation sites (tertiary alicyclic amines) is 1. The Hall–Kier alpha value is -2.18. The molecule has 2 saturated carbocycles. The SMILES string of the molecule is O=C(NNC(=O)N1C[C@@H]2C[C@H]1[C@H]1C[C@@H]21)c1ncccn1. The van der Waals surface area contributed by atoms with Gasteiger partial charge in [-0.15, -0.1) is 0 Å². The average molecular weight is 273 g/mol. The van der Waals surface area contributed by atoms with Gasteiger partial charge in [-0.05, 0) is 36.7 Å². The highest BCUT2D eigenvalue weighted by Crippen LogP contribution is 2.60. The van der Waals surface area contributed by atoms with Crippen LogP contribution >= 0.6 is 0 Å². The lowest BCUT2D eigenvalue weighted by Gasteiger charge is -2.26. The van der Waals surface area contributed by atoms with Gasteiger partial charge >= 0.3 is 11.9 Å². The Morgan fingerprint density at radius 3 is 2.65 bits per heavy atom. The summed E-state index contributed by atoms with van der Waals surface area (Å²) in [7, 11) is 0. The standard InChI is InChI=1S/C13H15N5O2/c19-12(11-14-2-1-3-15-11)16-17-13(20)18-6-7-4-10(18)9-5-8(7)9/h1-3,7-10H,4-6H2,(H,16,19)(H,17,20)/t7-,8-,9-,10-/m0/s1. The van der Waals surface area contributed by atoms with Crippen molar-refractivity contribution in [2.45, 2.75) is 18.9 Å². The predicted octanol–water partition coefficient (Wildman–Crippen LogP) is 0.171. The van der Waals surface area contributed by atoms with Crippen molar-refractivity contribution in [2.24, 2.45) is 17.8 Å². The lowest BCUT2D eigenvalue weighted by molar-refractivity contribution is 0.0916. The fraction of sp³-hybridized carbons (Fsp3) is 0.538. The summed E-state index contributed by atoms with van der Waals surface area (Å²) in [6.45, 7) is 0.815. The molecule has 2 heterocycles. The molecule has 3 fully saturated rings. The summed E-state index contributed by atoms with van der Waals surface area (Å²) >= 11 is 0. The smallest absolute Gasteiger partial charge is 0.320 e. The van der Waals surface area contributed by atoms with Crippen molar-refractivity contribution in [1.82, 2.24) is 25.7 Å². The molecule has 0 radical (unpaired) electrons. The monoisotopic (exact) mass is 273 g/mol. The van der Waals surface area contributed by atoms with Crippen LogP contribution in [0.2, 0.25) is 0 Å². The third-order valence-electron chi connectivity index (χ3n) is 4.68. The maximum absolute atomic E-state index is 12.1. The molecule has 20 heavy (non-hydrogen) atoms. The first-order chi connectivity index (χ1) is 9.74. The number of rotatable bonds is 1. The minimum atomic E-state index is -0.507. The molecule has 7 nitrogen and oxygen atoms in total. The van der Waals surface area contributed by atoms with E-state index < -0.39 is 5.91 Å². The Morgan fingerprint density at radius 1 is 1.15 bits per heavy atom. The van der Waals surface area contributed by atoms with E-state index in [9.17, 15) is 9.59 Å². The molecule has 2 bridgehead atoms. The van der Waals surface area contributed by atoms with Crippen LogP contribution in [0.1, 0.15) is 23.5 Å². The number of piperidine rings is 1. The van der Waals surface area contributed by atoms with Crippen LogP contribution in [-0.4, -0.2) is 39.4 Å². The van der Waals surface area contributed by atoms with Crippen LogP contribution in [0.5, 0.6) is 0 Å². The van der Waals surface area contributed by atoms with Crippen molar-refractivity contribution in [3.8, 4) is 0 Å². The third kappa shape index (κ3) is 1.73. The molecule has 2 N–H and O–H groups in total. The topological polar surface area (TPSA) is 87.2 Å². The van der Waals surface area contributed by atoms with Gasteiger partial charge in [0.1, 0.15) is 0 Å². The zero-order chi connectivity index (χ0) is 13.7. The van der Waals surface area contributed by atoms with Crippen molar-refractivity contribution >= 4 is 11.9 Å². The molecule has 1 aromatic rings. The number of urea groups is 1. The highest BCUT2D eigenvalue weighted by Gasteiger charge is 2.61. The minimum Gasteiger partial charge on any atom is -0.320 e. The highest BCUT2D eigenvalue weighted by molar-refractivity contribution is 5.91. The molecule has 4 atom stereocenters. The molecular weight excluding hydrogens is 258 g/mol. The van der Waals surface area contributed by atoms with Crippen molar-refractivity contribution in [1.29, 1.82) is 0 Å². The van der Waals surface area contributed by atoms with E-state index in [4.69, 9.17) is 0 Å². The Balaban J connectivity index is 1.34. The summed E-state index contributed by atoms with van der Waals surface area (Å²) < 4.78 is 0. The number of fused-ring (bicyclic) bond motifs is 5. The zero-order valence-corrected chi connectivity index (χ0v) is 10.8. The number of hydrazine groups is 1. The Kier molecular flexibility index (Phi) is 2.42. The van der Waals surface area contributed by atoms with Crippen LogP contribution in [0.3, 0.4) is 0 Å². The number of nitrogens with one attached hydrogen (secondary N) is 2. The Morgan fingerprint density at radius 2 is 1.95 bits per heavy atom. The number of aromatic nitrogens is 2. The third-order valence-corrected chi connectivity index (χ3v) is 4.68. The molecular formula is C13H15N5O2. The van der Waals surface area contributed by atoms with E-state index in [1.807, 2.05) is 4.90 Å². The van der Waals surface area contributed by atoms with Crippen molar-refractivity contribution < 1.29 is 9.59 Å². The van der Waals surface area contributed by atoms with Gasteiger partial charge in [0, 0.05) is 25.0 Å². The highest BCUT2D eigenvalue weighted by atomic mass is 16.2. The van der Waals surface area contributed by atoms with Gasteiger partial charge in [-0.25, -0.2) is 20.2 Å². The van der Waals surface area contributed by atoms with Crippen LogP contribution in [-0.2, 0) is 0 Å². The second-order valence-corrected chi connectivity index (χ2v) is 5.74. The van der Waals surface area contributed by atoms with E-state index in [1.165, 1.54) is 18.8 Å². The molecule has 1 aromatic heterocycles. The summed E-state index contributed by atoms with van der Waals surface area (Å²) in [6, 6.07) is 1.77. The number of nitrogens with zero attached hydrogens (tertiary/aromatic N) is 3. The van der Waals surface area contributed by atoms with Crippen LogP contribution in [0, 0.1) is 17.8 Å². The number of amides is 3. The fourth-order valence-corrected chi connectivity index (χ4v) is 3.72. The molecule has 104 valence electrons. The summed E-state index contributed by atoms with van der Waals surface area (Å²) in [5.41, 5.74) is 4.81. The van der Waals surface area contributed by atoms with Crippen LogP contribution < -0.4 is 10.9 Å². The lowest BCUT2D eigenvalue weighted by Crippen LogP contribution is -2.51. The van der Waals surface area contributed by atoms with Gasteiger partial charge in [0.15, 0.2) is 0 Å². The number of hydrogen-bond donors (Lipinski definition) is 2. The van der Waals surface area contributed by atoms with Gasteiger partial charge in [0.05, 0.1) is 0 Å². The second kappa shape index (κ2) is 4.16. The average Bonchev–Trinajstić information content (AvgIpc) is 3.09. The lowest BCUT2D eigenvalue weighted by atomic mass is 10.1. The fourth-order valence-electron chi connectivity index (χ4n) is 3.72. The molecule has 3 aliphatic rings. The molecule has 0 unspecified atom stereocenters. The first kappa shape index (κ1) is 11.6. The van der Waals surface area contributed by atoms with E-state index in [0.29, 0.717) is 17.9 Å². The van der Waals surface area contributed by atoms with Gasteiger partial charge in [0.25, 0.3) is 0 Å². The van der Waals surface area contributed by atoms with Crippen LogP contribution in [0.4, 0.5) is 4.79 Å². The summed E-state index contributed by atoms with van der Waals surface area (Å²) in [5, 5.41) is 0. The predicted molar refractivity (Wildman–Crippen MR) is 68.2 cm³/mol. The van der Waals surface area contributed by atoms with Crippen molar-refractivity contribution in [2.75, 3.05) is 6.54 Å². The maximum Gasteiger partial charge on any atom is 0.336 e. The Bertz CT molecular complexity index is 563. The van der Waals surface area contributed by atoms with E-state index in [1.54, 1.807) is 6.07 Å². The zero-order valence-electron chi connectivity index (χ0n) is 10.8. The van der Waals surface area contributed by atoms with E-state index in [0.717, 1.165) is 18.9 Å². The normalized spacial score (nSPS) is 32.7. The van der Waals surface area contributed by atoms with Crippen molar-refractivity contribution in [3.05, 3.63) is 24.3 Å². The van der Waals surface area contributed by atoms with Gasteiger partial charge in [0.2, 0.25) is 5.82 Å². The molecule has 0 aromatic carbocycles. The molecule has 0 spiro atoms. The number of carbonyl (C=O) groups excluding carboxylic acids is 2.